The third-order valence-corrected chi connectivity index (χ3v) is 3.06. The van der Waals surface area contributed by atoms with Crippen LogP contribution >= 0.6 is 0 Å². The second-order valence-corrected chi connectivity index (χ2v) is 4.16. The predicted octanol–water partition coefficient (Wildman–Crippen LogP) is 1.96. The van der Waals surface area contributed by atoms with Crippen molar-refractivity contribution in [2.24, 2.45) is 5.92 Å². The molecule has 1 aliphatic rings. The fourth-order valence-electron chi connectivity index (χ4n) is 1.71. The standard InChI is InChI=1S/C10H20O2/c1-4-10(3)6-5-9(12-10)8(2)7-11/h8-9,11H,4-7H2,1-3H3. The first-order valence-corrected chi connectivity index (χ1v) is 4.90. The maximum atomic E-state index is 8.96. The van der Waals surface area contributed by atoms with Gasteiger partial charge < -0.3 is 9.84 Å². The van der Waals surface area contributed by atoms with Crippen LogP contribution in [0.4, 0.5) is 0 Å². The van der Waals surface area contributed by atoms with Gasteiger partial charge in [0.15, 0.2) is 0 Å². The van der Waals surface area contributed by atoms with Crippen molar-refractivity contribution >= 4 is 0 Å². The van der Waals surface area contributed by atoms with Crippen LogP contribution in [0.15, 0.2) is 0 Å². The highest BCUT2D eigenvalue weighted by molar-refractivity contribution is 4.85. The Labute approximate surface area is 74.9 Å². The van der Waals surface area contributed by atoms with E-state index in [1.165, 1.54) is 0 Å². The van der Waals surface area contributed by atoms with Crippen molar-refractivity contribution in [1.29, 1.82) is 0 Å². The Hall–Kier alpha value is -0.0800. The Morgan fingerprint density at radius 3 is 2.75 bits per heavy atom. The van der Waals surface area contributed by atoms with Gasteiger partial charge in [0.2, 0.25) is 0 Å². The fraction of sp³-hybridized carbons (Fsp3) is 1.00. The quantitative estimate of drug-likeness (QED) is 0.705. The van der Waals surface area contributed by atoms with Crippen LogP contribution in [0.1, 0.15) is 40.0 Å². The third-order valence-electron chi connectivity index (χ3n) is 3.06. The smallest absolute Gasteiger partial charge is 0.0656 e. The van der Waals surface area contributed by atoms with Crippen molar-refractivity contribution in [2.75, 3.05) is 6.61 Å². The summed E-state index contributed by atoms with van der Waals surface area (Å²) in [5, 5.41) is 8.96. The van der Waals surface area contributed by atoms with Crippen LogP contribution < -0.4 is 0 Å². The summed E-state index contributed by atoms with van der Waals surface area (Å²) in [6, 6.07) is 0. The number of hydrogen-bond donors (Lipinski definition) is 1. The van der Waals surface area contributed by atoms with Crippen LogP contribution in [0.3, 0.4) is 0 Å². The average molecular weight is 172 g/mol. The summed E-state index contributed by atoms with van der Waals surface area (Å²) in [7, 11) is 0. The Balaban J connectivity index is 2.45. The molecule has 0 radical (unpaired) electrons. The van der Waals surface area contributed by atoms with Crippen LogP contribution in [0, 0.1) is 5.92 Å². The number of ether oxygens (including phenoxy) is 1. The molecule has 0 aliphatic carbocycles. The van der Waals surface area contributed by atoms with Gasteiger partial charge in [-0.15, -0.1) is 0 Å². The molecule has 72 valence electrons. The molecule has 1 fully saturated rings. The van der Waals surface area contributed by atoms with E-state index in [-0.39, 0.29) is 18.3 Å². The molecule has 2 heteroatoms. The SMILES string of the molecule is CCC1(C)CCC(C(C)CO)O1. The van der Waals surface area contributed by atoms with Crippen molar-refractivity contribution in [3.63, 3.8) is 0 Å². The molecule has 1 rings (SSSR count). The summed E-state index contributed by atoms with van der Waals surface area (Å²) >= 11 is 0. The van der Waals surface area contributed by atoms with Crippen molar-refractivity contribution in [1.82, 2.24) is 0 Å². The van der Waals surface area contributed by atoms with Crippen molar-refractivity contribution < 1.29 is 9.84 Å². The van der Waals surface area contributed by atoms with E-state index in [0.29, 0.717) is 5.92 Å². The van der Waals surface area contributed by atoms with Gasteiger partial charge in [-0.1, -0.05) is 13.8 Å². The summed E-state index contributed by atoms with van der Waals surface area (Å²) < 4.78 is 5.89. The van der Waals surface area contributed by atoms with Gasteiger partial charge in [-0.25, -0.2) is 0 Å². The van der Waals surface area contributed by atoms with Gasteiger partial charge in [0.1, 0.15) is 0 Å². The lowest BCUT2D eigenvalue weighted by Gasteiger charge is -2.25. The molecule has 0 saturated carbocycles. The Morgan fingerprint density at radius 2 is 2.33 bits per heavy atom. The molecule has 0 aromatic heterocycles. The first kappa shape index (κ1) is 10.0. The second-order valence-electron chi connectivity index (χ2n) is 4.16. The van der Waals surface area contributed by atoms with E-state index in [9.17, 15) is 0 Å². The fourth-order valence-corrected chi connectivity index (χ4v) is 1.71. The number of rotatable bonds is 3. The lowest BCUT2D eigenvalue weighted by Crippen LogP contribution is -2.27. The van der Waals surface area contributed by atoms with Crippen LogP contribution in [0.5, 0.6) is 0 Å². The van der Waals surface area contributed by atoms with Crippen molar-refractivity contribution in [2.45, 2.75) is 51.7 Å². The maximum Gasteiger partial charge on any atom is 0.0656 e. The molecule has 0 spiro atoms. The van der Waals surface area contributed by atoms with Gasteiger partial charge >= 0.3 is 0 Å². The summed E-state index contributed by atoms with van der Waals surface area (Å²) in [5.41, 5.74) is 0.0775. The van der Waals surface area contributed by atoms with Crippen molar-refractivity contribution in [3.8, 4) is 0 Å². The molecule has 3 atom stereocenters. The largest absolute Gasteiger partial charge is 0.396 e. The minimum absolute atomic E-state index is 0.0775. The highest BCUT2D eigenvalue weighted by Crippen LogP contribution is 2.35. The summed E-state index contributed by atoms with van der Waals surface area (Å²) in [5.74, 6) is 0.290. The molecule has 12 heavy (non-hydrogen) atoms. The van der Waals surface area contributed by atoms with Crippen LogP contribution in [0.25, 0.3) is 0 Å². The summed E-state index contributed by atoms with van der Waals surface area (Å²) in [6.45, 7) is 6.61. The molecule has 1 saturated heterocycles. The third kappa shape index (κ3) is 1.99. The highest BCUT2D eigenvalue weighted by Gasteiger charge is 2.36. The molecule has 0 aromatic carbocycles. The van der Waals surface area contributed by atoms with Gasteiger partial charge in [-0.3, -0.25) is 0 Å². The molecule has 2 nitrogen and oxygen atoms in total. The van der Waals surface area contributed by atoms with E-state index >= 15 is 0 Å². The molecular formula is C10H20O2. The zero-order valence-corrected chi connectivity index (χ0v) is 8.34. The van der Waals surface area contributed by atoms with Gasteiger partial charge in [-0.2, -0.15) is 0 Å². The minimum atomic E-state index is 0.0775. The minimum Gasteiger partial charge on any atom is -0.396 e. The summed E-state index contributed by atoms with van der Waals surface area (Å²) in [4.78, 5) is 0. The number of hydrogen-bond acceptors (Lipinski definition) is 2. The first-order chi connectivity index (χ1) is 5.61. The van der Waals surface area contributed by atoms with Gasteiger partial charge in [-0.05, 0) is 26.2 Å². The molecule has 1 aliphatic heterocycles. The first-order valence-electron chi connectivity index (χ1n) is 4.90. The van der Waals surface area contributed by atoms with Crippen LogP contribution in [-0.4, -0.2) is 23.4 Å². The predicted molar refractivity (Wildman–Crippen MR) is 49.1 cm³/mol. The zero-order valence-electron chi connectivity index (χ0n) is 8.34. The lowest BCUT2D eigenvalue weighted by molar-refractivity contribution is -0.0586. The molecular weight excluding hydrogens is 152 g/mol. The Bertz CT molecular complexity index is 147. The number of aliphatic hydroxyl groups is 1. The van der Waals surface area contributed by atoms with E-state index in [4.69, 9.17) is 9.84 Å². The van der Waals surface area contributed by atoms with E-state index in [1.54, 1.807) is 0 Å². The molecule has 1 N–H and O–H groups in total. The Kier molecular flexibility index (Phi) is 3.13. The molecule has 3 unspecified atom stereocenters. The second kappa shape index (κ2) is 3.75. The van der Waals surface area contributed by atoms with E-state index in [0.717, 1.165) is 19.3 Å². The normalized spacial score (nSPS) is 38.5. The maximum absolute atomic E-state index is 8.96. The molecule has 0 aromatic rings. The molecule has 1 heterocycles. The van der Waals surface area contributed by atoms with Gasteiger partial charge in [0, 0.05) is 12.5 Å². The van der Waals surface area contributed by atoms with Gasteiger partial charge in [0.05, 0.1) is 11.7 Å². The molecule has 0 bridgehead atoms. The monoisotopic (exact) mass is 172 g/mol. The van der Waals surface area contributed by atoms with Gasteiger partial charge in [0.25, 0.3) is 0 Å². The highest BCUT2D eigenvalue weighted by atomic mass is 16.5. The van der Waals surface area contributed by atoms with E-state index in [2.05, 4.69) is 13.8 Å². The average Bonchev–Trinajstić information content (AvgIpc) is 2.48. The van der Waals surface area contributed by atoms with Crippen molar-refractivity contribution in [3.05, 3.63) is 0 Å². The Morgan fingerprint density at radius 1 is 1.67 bits per heavy atom. The summed E-state index contributed by atoms with van der Waals surface area (Å²) in [6.07, 6.45) is 3.59. The number of aliphatic hydroxyl groups excluding tert-OH is 1. The zero-order chi connectivity index (χ0) is 9.19. The van der Waals surface area contributed by atoms with E-state index < -0.39 is 0 Å². The van der Waals surface area contributed by atoms with Crippen LogP contribution in [-0.2, 0) is 4.74 Å². The van der Waals surface area contributed by atoms with E-state index in [1.807, 2.05) is 6.92 Å². The lowest BCUT2D eigenvalue weighted by atomic mass is 9.97. The molecule has 0 amide bonds. The topological polar surface area (TPSA) is 29.5 Å². The van der Waals surface area contributed by atoms with Crippen LogP contribution in [0.2, 0.25) is 0 Å².